The zero-order chi connectivity index (χ0) is 12.0. The zero-order valence-corrected chi connectivity index (χ0v) is 11.1. The van der Waals surface area contributed by atoms with Crippen LogP contribution in [-0.2, 0) is 7.05 Å². The van der Waals surface area contributed by atoms with E-state index in [4.69, 9.17) is 0 Å². The van der Waals surface area contributed by atoms with Crippen molar-refractivity contribution in [1.82, 2.24) is 4.57 Å². The Labute approximate surface area is 105 Å². The molecule has 0 atom stereocenters. The second-order valence-electron chi connectivity index (χ2n) is 4.38. The minimum Gasteiger partial charge on any atom is -0.343 e. The standard InChI is InChI=1S/C15H15NS/c1-10-8-9-13(17-3)14-11-6-4-5-7-12(11)16(2)15(10)14/h4-9H,1-3H3. The molecule has 1 nitrogen and oxygen atoms in total. The van der Waals surface area contributed by atoms with Crippen LogP contribution in [0.2, 0.25) is 0 Å². The monoisotopic (exact) mass is 241 g/mol. The van der Waals surface area contributed by atoms with E-state index in [0.717, 1.165) is 0 Å². The lowest BCUT2D eigenvalue weighted by Crippen LogP contribution is -1.89. The Hall–Kier alpha value is -1.41. The Balaban J connectivity index is 2.65. The van der Waals surface area contributed by atoms with E-state index in [1.54, 1.807) is 0 Å². The van der Waals surface area contributed by atoms with Crippen molar-refractivity contribution < 1.29 is 0 Å². The van der Waals surface area contributed by atoms with E-state index in [9.17, 15) is 0 Å². The van der Waals surface area contributed by atoms with Gasteiger partial charge in [0.25, 0.3) is 0 Å². The van der Waals surface area contributed by atoms with Gasteiger partial charge in [0.2, 0.25) is 0 Å². The van der Waals surface area contributed by atoms with E-state index in [2.05, 4.69) is 61.2 Å². The fourth-order valence-electron chi connectivity index (χ4n) is 2.64. The number of fused-ring (bicyclic) bond motifs is 3. The number of hydrogen-bond acceptors (Lipinski definition) is 1. The number of aryl methyl sites for hydroxylation is 2. The molecular weight excluding hydrogens is 226 g/mol. The minimum atomic E-state index is 1.31. The van der Waals surface area contributed by atoms with E-state index < -0.39 is 0 Å². The van der Waals surface area contributed by atoms with Crippen molar-refractivity contribution in [3.63, 3.8) is 0 Å². The highest BCUT2D eigenvalue weighted by atomic mass is 32.2. The summed E-state index contributed by atoms with van der Waals surface area (Å²) >= 11 is 1.82. The number of para-hydroxylation sites is 1. The lowest BCUT2D eigenvalue weighted by Gasteiger charge is -2.04. The molecule has 3 aromatic rings. The number of aromatic nitrogens is 1. The molecule has 0 fully saturated rings. The van der Waals surface area contributed by atoms with Gasteiger partial charge in [-0.1, -0.05) is 24.3 Å². The Morgan fingerprint density at radius 3 is 2.59 bits per heavy atom. The lowest BCUT2D eigenvalue weighted by atomic mass is 10.1. The average molecular weight is 241 g/mol. The molecule has 2 heteroatoms. The van der Waals surface area contributed by atoms with Crippen molar-refractivity contribution in [2.75, 3.05) is 6.26 Å². The van der Waals surface area contributed by atoms with Gasteiger partial charge in [-0.25, -0.2) is 0 Å². The number of hydrogen-bond donors (Lipinski definition) is 0. The van der Waals surface area contributed by atoms with E-state index >= 15 is 0 Å². The second kappa shape index (κ2) is 3.81. The highest BCUT2D eigenvalue weighted by molar-refractivity contribution is 7.98. The summed E-state index contributed by atoms with van der Waals surface area (Å²) in [7, 11) is 2.15. The van der Waals surface area contributed by atoms with Crippen LogP contribution in [0.5, 0.6) is 0 Å². The fourth-order valence-corrected chi connectivity index (χ4v) is 3.25. The van der Waals surface area contributed by atoms with Crippen molar-refractivity contribution in [3.8, 4) is 0 Å². The maximum atomic E-state index is 2.31. The highest BCUT2D eigenvalue weighted by Gasteiger charge is 2.12. The summed E-state index contributed by atoms with van der Waals surface area (Å²) in [6, 6.07) is 13.1. The number of thioether (sulfide) groups is 1. The smallest absolute Gasteiger partial charge is 0.0529 e. The molecule has 1 heterocycles. The lowest BCUT2D eigenvalue weighted by molar-refractivity contribution is 1.01. The van der Waals surface area contributed by atoms with Gasteiger partial charge in [0, 0.05) is 28.2 Å². The van der Waals surface area contributed by atoms with Crippen molar-refractivity contribution >= 4 is 33.6 Å². The quantitative estimate of drug-likeness (QED) is 0.573. The summed E-state index contributed by atoms with van der Waals surface area (Å²) in [5.74, 6) is 0. The van der Waals surface area contributed by atoms with Gasteiger partial charge >= 0.3 is 0 Å². The van der Waals surface area contributed by atoms with Crippen LogP contribution in [0, 0.1) is 6.92 Å². The Morgan fingerprint density at radius 2 is 1.82 bits per heavy atom. The van der Waals surface area contributed by atoms with E-state index in [1.165, 1.54) is 32.3 Å². The van der Waals surface area contributed by atoms with Crippen LogP contribution in [0.15, 0.2) is 41.3 Å². The topological polar surface area (TPSA) is 4.93 Å². The van der Waals surface area contributed by atoms with Crippen LogP contribution < -0.4 is 0 Å². The van der Waals surface area contributed by atoms with Gasteiger partial charge in [0.15, 0.2) is 0 Å². The van der Waals surface area contributed by atoms with Crippen LogP contribution in [-0.4, -0.2) is 10.8 Å². The molecule has 2 aromatic carbocycles. The molecule has 0 saturated carbocycles. The van der Waals surface area contributed by atoms with Gasteiger partial charge in [0.1, 0.15) is 0 Å². The molecule has 0 unspecified atom stereocenters. The SMILES string of the molecule is CSc1ccc(C)c2c1c1ccccc1n2C. The van der Waals surface area contributed by atoms with Gasteiger partial charge < -0.3 is 4.57 Å². The third-order valence-electron chi connectivity index (χ3n) is 3.43. The van der Waals surface area contributed by atoms with Crippen molar-refractivity contribution in [2.24, 2.45) is 7.05 Å². The maximum Gasteiger partial charge on any atom is 0.0529 e. The van der Waals surface area contributed by atoms with Crippen LogP contribution in [0.1, 0.15) is 5.56 Å². The summed E-state index contributed by atoms with van der Waals surface area (Å²) in [5, 5.41) is 2.76. The first kappa shape index (κ1) is 10.7. The molecule has 0 amide bonds. The first-order valence-corrected chi connectivity index (χ1v) is 6.97. The maximum absolute atomic E-state index is 2.31. The third-order valence-corrected chi connectivity index (χ3v) is 4.21. The second-order valence-corrected chi connectivity index (χ2v) is 5.23. The first-order chi connectivity index (χ1) is 8.24. The molecule has 3 rings (SSSR count). The van der Waals surface area contributed by atoms with Gasteiger partial charge in [0.05, 0.1) is 5.52 Å². The van der Waals surface area contributed by atoms with Crippen LogP contribution in [0.25, 0.3) is 21.8 Å². The van der Waals surface area contributed by atoms with Gasteiger partial charge in [-0.2, -0.15) is 0 Å². The van der Waals surface area contributed by atoms with Crippen molar-refractivity contribution in [2.45, 2.75) is 11.8 Å². The third kappa shape index (κ3) is 1.40. The molecule has 86 valence electrons. The molecule has 1 aromatic heterocycles. The van der Waals surface area contributed by atoms with Crippen molar-refractivity contribution in [1.29, 1.82) is 0 Å². The summed E-state index contributed by atoms with van der Waals surface area (Å²) < 4.78 is 2.31. The summed E-state index contributed by atoms with van der Waals surface area (Å²) in [6.45, 7) is 2.19. The van der Waals surface area contributed by atoms with Crippen LogP contribution >= 0.6 is 11.8 Å². The van der Waals surface area contributed by atoms with Gasteiger partial charge in [-0.05, 0) is 30.9 Å². The largest absolute Gasteiger partial charge is 0.343 e. The average Bonchev–Trinajstić information content (AvgIpc) is 2.66. The predicted molar refractivity (Wildman–Crippen MR) is 76.9 cm³/mol. The molecule has 0 spiro atoms. The molecule has 0 aliphatic heterocycles. The van der Waals surface area contributed by atoms with Crippen molar-refractivity contribution in [3.05, 3.63) is 42.0 Å². The normalized spacial score (nSPS) is 11.5. The molecule has 0 N–H and O–H groups in total. The molecule has 0 aliphatic rings. The molecule has 17 heavy (non-hydrogen) atoms. The highest BCUT2D eigenvalue weighted by Crippen LogP contribution is 2.36. The number of benzene rings is 2. The molecular formula is C15H15NS. The Kier molecular flexibility index (Phi) is 2.40. The fraction of sp³-hybridized carbons (Fsp3) is 0.200. The summed E-state index contributed by atoms with van der Waals surface area (Å²) in [5.41, 5.74) is 4.02. The first-order valence-electron chi connectivity index (χ1n) is 5.74. The van der Waals surface area contributed by atoms with Gasteiger partial charge in [-0.3, -0.25) is 0 Å². The zero-order valence-electron chi connectivity index (χ0n) is 10.3. The summed E-state index contributed by atoms with van der Waals surface area (Å²) in [6.07, 6.45) is 2.14. The number of rotatable bonds is 1. The van der Waals surface area contributed by atoms with Crippen LogP contribution in [0.4, 0.5) is 0 Å². The number of nitrogens with zero attached hydrogens (tertiary/aromatic N) is 1. The molecule has 0 aliphatic carbocycles. The van der Waals surface area contributed by atoms with E-state index in [0.29, 0.717) is 0 Å². The van der Waals surface area contributed by atoms with Crippen LogP contribution in [0.3, 0.4) is 0 Å². The predicted octanol–water partition coefficient (Wildman–Crippen LogP) is 4.36. The Morgan fingerprint density at radius 1 is 1.06 bits per heavy atom. The van der Waals surface area contributed by atoms with E-state index in [1.807, 2.05) is 11.8 Å². The molecule has 0 saturated heterocycles. The molecule has 0 radical (unpaired) electrons. The van der Waals surface area contributed by atoms with E-state index in [-0.39, 0.29) is 0 Å². The van der Waals surface area contributed by atoms with Gasteiger partial charge in [-0.15, -0.1) is 11.8 Å². The Bertz CT molecular complexity index is 710. The molecule has 0 bridgehead atoms. The summed E-state index contributed by atoms with van der Waals surface area (Å²) in [4.78, 5) is 1.36. The minimum absolute atomic E-state index is 1.31.